The zero-order valence-electron chi connectivity index (χ0n) is 13.2. The molecule has 2 aliphatic carbocycles. The van der Waals surface area contributed by atoms with Crippen molar-refractivity contribution in [3.63, 3.8) is 0 Å². The van der Waals surface area contributed by atoms with Crippen LogP contribution in [0.4, 0.5) is 0 Å². The molecule has 1 aromatic carbocycles. The van der Waals surface area contributed by atoms with Gasteiger partial charge in [0.15, 0.2) is 0 Å². The molecule has 1 aromatic rings. The van der Waals surface area contributed by atoms with Gasteiger partial charge in [0.05, 0.1) is 0 Å². The van der Waals surface area contributed by atoms with Crippen molar-refractivity contribution in [2.45, 2.75) is 26.7 Å². The van der Waals surface area contributed by atoms with Crippen LogP contribution in [-0.4, -0.2) is 0 Å². The lowest BCUT2D eigenvalue weighted by molar-refractivity contribution is 0.781. The molecule has 2 aliphatic rings. The van der Waals surface area contributed by atoms with E-state index in [0.717, 1.165) is 17.9 Å². The van der Waals surface area contributed by atoms with E-state index in [1.165, 1.54) is 33.4 Å². The molecule has 0 aromatic heterocycles. The minimum Gasteiger partial charge on any atom is -0.0908 e. The van der Waals surface area contributed by atoms with Crippen LogP contribution in [0.2, 0.25) is 0 Å². The average Bonchev–Trinajstić information content (AvgIpc) is 2.52. The van der Waals surface area contributed by atoms with Crippen LogP contribution >= 0.6 is 11.6 Å². The van der Waals surface area contributed by atoms with E-state index in [0.29, 0.717) is 5.92 Å². The molecule has 0 heterocycles. The number of fused-ring (bicyclic) bond motifs is 1. The van der Waals surface area contributed by atoms with Crippen LogP contribution in [0.15, 0.2) is 59.7 Å². The second-order valence-corrected chi connectivity index (χ2v) is 6.40. The highest BCUT2D eigenvalue weighted by molar-refractivity contribution is 6.31. The molecule has 1 unspecified atom stereocenters. The highest BCUT2D eigenvalue weighted by Crippen LogP contribution is 2.40. The molecule has 0 saturated heterocycles. The molecule has 0 nitrogen and oxygen atoms in total. The Kier molecular flexibility index (Phi) is 4.22. The highest BCUT2D eigenvalue weighted by Gasteiger charge is 2.23. The van der Waals surface area contributed by atoms with Gasteiger partial charge in [-0.05, 0) is 66.2 Å². The first-order chi connectivity index (χ1) is 10.6. The number of allylic oxidation sites excluding steroid dienone is 8. The van der Waals surface area contributed by atoms with E-state index in [4.69, 9.17) is 11.6 Å². The van der Waals surface area contributed by atoms with Crippen LogP contribution in [-0.2, 0) is 6.42 Å². The molecule has 0 radical (unpaired) electrons. The highest BCUT2D eigenvalue weighted by atomic mass is 35.5. The first-order valence-corrected chi connectivity index (χ1v) is 8.18. The van der Waals surface area contributed by atoms with E-state index >= 15 is 0 Å². The summed E-state index contributed by atoms with van der Waals surface area (Å²) in [5.74, 6) is 0.391. The summed E-state index contributed by atoms with van der Waals surface area (Å²) in [4.78, 5) is 0. The third-order valence-electron chi connectivity index (χ3n) is 4.53. The SMILES string of the molecule is C=C1C(C2C=CC(Cl)=CC2)=CCc2ccc(C)c(/C=C\C)c21. The normalized spacial score (nSPS) is 20.9. The number of benzene rings is 1. The van der Waals surface area contributed by atoms with E-state index < -0.39 is 0 Å². The molecule has 0 aliphatic heterocycles. The van der Waals surface area contributed by atoms with Gasteiger partial charge in [-0.2, -0.15) is 0 Å². The van der Waals surface area contributed by atoms with Gasteiger partial charge in [-0.1, -0.05) is 60.7 Å². The van der Waals surface area contributed by atoms with Crippen molar-refractivity contribution in [2.75, 3.05) is 0 Å². The number of hydrogen-bond donors (Lipinski definition) is 0. The first-order valence-electron chi connectivity index (χ1n) is 7.80. The first kappa shape index (κ1) is 15.1. The monoisotopic (exact) mass is 308 g/mol. The van der Waals surface area contributed by atoms with Crippen molar-refractivity contribution in [2.24, 2.45) is 5.92 Å². The van der Waals surface area contributed by atoms with E-state index in [1.807, 2.05) is 6.08 Å². The Hall–Kier alpha value is -1.79. The summed E-state index contributed by atoms with van der Waals surface area (Å²) in [6, 6.07) is 4.45. The molecular formula is C21H21Cl. The summed E-state index contributed by atoms with van der Waals surface area (Å²) >= 11 is 6.05. The van der Waals surface area contributed by atoms with Crippen molar-refractivity contribution in [3.05, 3.63) is 82.0 Å². The molecule has 0 fully saturated rings. The fourth-order valence-corrected chi connectivity index (χ4v) is 3.53. The number of halogens is 1. The molecule has 0 spiro atoms. The Labute approximate surface area is 138 Å². The van der Waals surface area contributed by atoms with Crippen molar-refractivity contribution < 1.29 is 0 Å². The van der Waals surface area contributed by atoms with E-state index in [2.05, 4.69) is 62.9 Å². The summed E-state index contributed by atoms with van der Waals surface area (Å²) in [6.45, 7) is 8.66. The fourth-order valence-electron chi connectivity index (χ4n) is 3.36. The maximum atomic E-state index is 6.05. The van der Waals surface area contributed by atoms with Gasteiger partial charge in [0.1, 0.15) is 0 Å². The Balaban J connectivity index is 2.02. The van der Waals surface area contributed by atoms with Crippen LogP contribution in [0.25, 0.3) is 11.6 Å². The van der Waals surface area contributed by atoms with Crippen LogP contribution in [0.5, 0.6) is 0 Å². The molecule has 0 bridgehead atoms. The lowest BCUT2D eigenvalue weighted by Crippen LogP contribution is -2.11. The van der Waals surface area contributed by atoms with Gasteiger partial charge in [-0.3, -0.25) is 0 Å². The third kappa shape index (κ3) is 2.64. The van der Waals surface area contributed by atoms with Gasteiger partial charge < -0.3 is 0 Å². The standard InChI is InChI=1S/C21H21Cl/c1-4-5-19-14(2)6-7-17-10-13-20(15(3)21(17)19)16-8-11-18(22)12-9-16/h4-8,11-13,16H,3,9-10H2,1-2H3/b5-4-. The maximum Gasteiger partial charge on any atom is 0.0363 e. The molecule has 0 amide bonds. The summed E-state index contributed by atoms with van der Waals surface area (Å²) in [5.41, 5.74) is 7.83. The fraction of sp³-hybridized carbons (Fsp3) is 0.238. The van der Waals surface area contributed by atoms with E-state index in [1.54, 1.807) is 0 Å². The molecule has 0 N–H and O–H groups in total. The van der Waals surface area contributed by atoms with Crippen LogP contribution in [0.3, 0.4) is 0 Å². The smallest absolute Gasteiger partial charge is 0.0363 e. The van der Waals surface area contributed by atoms with Crippen molar-refractivity contribution in [1.82, 2.24) is 0 Å². The summed E-state index contributed by atoms with van der Waals surface area (Å²) < 4.78 is 0. The number of aryl methyl sites for hydroxylation is 1. The van der Waals surface area contributed by atoms with Gasteiger partial charge in [0.25, 0.3) is 0 Å². The van der Waals surface area contributed by atoms with Crippen molar-refractivity contribution in [3.8, 4) is 0 Å². The maximum absolute atomic E-state index is 6.05. The van der Waals surface area contributed by atoms with Gasteiger partial charge in [0, 0.05) is 11.0 Å². The zero-order chi connectivity index (χ0) is 15.7. The van der Waals surface area contributed by atoms with E-state index in [9.17, 15) is 0 Å². The van der Waals surface area contributed by atoms with Crippen molar-refractivity contribution in [1.29, 1.82) is 0 Å². The lowest BCUT2D eigenvalue weighted by Gasteiger charge is -2.27. The van der Waals surface area contributed by atoms with E-state index in [-0.39, 0.29) is 0 Å². The van der Waals surface area contributed by atoms with Crippen LogP contribution in [0.1, 0.15) is 35.6 Å². The summed E-state index contributed by atoms with van der Waals surface area (Å²) in [5, 5.41) is 0.837. The Morgan fingerprint density at radius 1 is 1.27 bits per heavy atom. The van der Waals surface area contributed by atoms with Crippen LogP contribution < -0.4 is 0 Å². The second kappa shape index (κ2) is 6.14. The minimum absolute atomic E-state index is 0.391. The quantitative estimate of drug-likeness (QED) is 0.608. The number of rotatable bonds is 2. The lowest BCUT2D eigenvalue weighted by atomic mass is 9.77. The number of hydrogen-bond acceptors (Lipinski definition) is 0. The van der Waals surface area contributed by atoms with Gasteiger partial charge >= 0.3 is 0 Å². The molecule has 112 valence electrons. The topological polar surface area (TPSA) is 0 Å². The Morgan fingerprint density at radius 2 is 2.09 bits per heavy atom. The average molecular weight is 309 g/mol. The minimum atomic E-state index is 0.391. The predicted molar refractivity (Wildman–Crippen MR) is 97.9 cm³/mol. The zero-order valence-corrected chi connectivity index (χ0v) is 14.0. The molecule has 22 heavy (non-hydrogen) atoms. The van der Waals surface area contributed by atoms with Gasteiger partial charge in [0.2, 0.25) is 0 Å². The second-order valence-electron chi connectivity index (χ2n) is 5.96. The summed E-state index contributed by atoms with van der Waals surface area (Å²) in [6.07, 6.45) is 14.9. The largest absolute Gasteiger partial charge is 0.0908 e. The summed E-state index contributed by atoms with van der Waals surface area (Å²) in [7, 11) is 0. The van der Waals surface area contributed by atoms with Crippen molar-refractivity contribution >= 4 is 23.3 Å². The van der Waals surface area contributed by atoms with Gasteiger partial charge in [-0.25, -0.2) is 0 Å². The molecule has 0 saturated carbocycles. The van der Waals surface area contributed by atoms with Gasteiger partial charge in [-0.15, -0.1) is 0 Å². The molecule has 1 atom stereocenters. The van der Waals surface area contributed by atoms with Crippen LogP contribution in [0, 0.1) is 12.8 Å². The Bertz CT molecular complexity index is 741. The molecule has 3 rings (SSSR count). The predicted octanol–water partition coefficient (Wildman–Crippen LogP) is 6.22. The molecular weight excluding hydrogens is 288 g/mol. The Morgan fingerprint density at radius 3 is 2.77 bits per heavy atom. The molecule has 1 heteroatoms. The third-order valence-corrected chi connectivity index (χ3v) is 4.81.